The number of para-hydroxylation sites is 2. The molecule has 0 aliphatic heterocycles. The van der Waals surface area contributed by atoms with E-state index in [2.05, 4.69) is 9.97 Å². The number of H-pyrrole nitrogens is 1. The molecule has 0 aliphatic rings. The van der Waals surface area contributed by atoms with Crippen molar-refractivity contribution in [2.45, 2.75) is 0 Å². The minimum atomic E-state index is 0.200. The quantitative estimate of drug-likeness (QED) is 0.312. The molecular weight excluding hydrogens is 464 g/mol. The minimum absolute atomic E-state index is 0.200. The Hall–Kier alpha value is -6.09. The summed E-state index contributed by atoms with van der Waals surface area (Å²) >= 11 is 0. The van der Waals surface area contributed by atoms with Gasteiger partial charge >= 0.3 is 0 Å². The predicted molar refractivity (Wildman–Crippen MR) is 133 cm³/mol. The lowest BCUT2D eigenvalue weighted by molar-refractivity contribution is 0.460. The highest BCUT2D eigenvalue weighted by molar-refractivity contribution is 5.79. The number of imidazole rings is 1. The molecule has 0 fully saturated rings. The van der Waals surface area contributed by atoms with Crippen molar-refractivity contribution in [3.8, 4) is 58.7 Å². The van der Waals surface area contributed by atoms with E-state index in [0.29, 0.717) is 34.4 Å². The Balaban J connectivity index is 1.57. The van der Waals surface area contributed by atoms with E-state index in [9.17, 15) is 21.0 Å². The van der Waals surface area contributed by atoms with Crippen LogP contribution in [-0.4, -0.2) is 9.97 Å². The zero-order chi connectivity index (χ0) is 25.8. The molecule has 0 aliphatic carbocycles. The number of ether oxygens (including phenoxy) is 2. The average molecular weight is 478 g/mol. The van der Waals surface area contributed by atoms with E-state index < -0.39 is 0 Å². The van der Waals surface area contributed by atoms with Crippen LogP contribution in [-0.2, 0) is 0 Å². The van der Waals surface area contributed by atoms with Gasteiger partial charge in [0.2, 0.25) is 0 Å². The van der Waals surface area contributed by atoms with Gasteiger partial charge in [-0.15, -0.1) is 0 Å². The topological polar surface area (TPSA) is 142 Å². The zero-order valence-electron chi connectivity index (χ0n) is 19.1. The summed E-state index contributed by atoms with van der Waals surface area (Å²) in [6.45, 7) is 0. The van der Waals surface area contributed by atoms with Crippen LogP contribution in [0, 0.1) is 45.3 Å². The molecule has 5 aromatic rings. The highest BCUT2D eigenvalue weighted by Gasteiger charge is 2.13. The smallest absolute Gasteiger partial charge is 0.138 e. The summed E-state index contributed by atoms with van der Waals surface area (Å²) in [5, 5.41) is 37.1. The number of hydrogen-bond acceptors (Lipinski definition) is 7. The second-order valence-electron chi connectivity index (χ2n) is 7.86. The van der Waals surface area contributed by atoms with Crippen LogP contribution in [0.1, 0.15) is 22.3 Å². The van der Waals surface area contributed by atoms with Crippen molar-refractivity contribution in [1.82, 2.24) is 9.97 Å². The van der Waals surface area contributed by atoms with E-state index in [1.165, 1.54) is 24.3 Å². The number of benzene rings is 4. The molecule has 1 aromatic heterocycles. The van der Waals surface area contributed by atoms with Gasteiger partial charge in [0, 0.05) is 11.6 Å². The lowest BCUT2D eigenvalue weighted by atomic mass is 10.1. The molecule has 0 unspecified atom stereocenters. The Labute approximate surface area is 211 Å². The Bertz CT molecular complexity index is 1720. The Kier molecular flexibility index (Phi) is 5.91. The maximum atomic E-state index is 9.36. The summed E-state index contributed by atoms with van der Waals surface area (Å²) < 4.78 is 12.1. The first-order valence-corrected chi connectivity index (χ1v) is 10.9. The van der Waals surface area contributed by atoms with Crippen LogP contribution in [0.25, 0.3) is 22.4 Å². The third-order valence-corrected chi connectivity index (χ3v) is 5.48. The van der Waals surface area contributed by atoms with Gasteiger partial charge in [-0.1, -0.05) is 12.1 Å². The molecule has 37 heavy (non-hydrogen) atoms. The van der Waals surface area contributed by atoms with Gasteiger partial charge in [-0.25, -0.2) is 4.98 Å². The van der Waals surface area contributed by atoms with E-state index in [1.54, 1.807) is 30.3 Å². The molecule has 4 aromatic carbocycles. The first-order valence-electron chi connectivity index (χ1n) is 10.9. The van der Waals surface area contributed by atoms with Crippen molar-refractivity contribution in [3.05, 3.63) is 101 Å². The number of aromatic amines is 1. The summed E-state index contributed by atoms with van der Waals surface area (Å²) in [6.07, 6.45) is 0. The third-order valence-electron chi connectivity index (χ3n) is 5.48. The number of aromatic nitrogens is 2. The molecule has 0 radical (unpaired) electrons. The summed E-state index contributed by atoms with van der Waals surface area (Å²) in [7, 11) is 0. The normalized spacial score (nSPS) is 10.1. The highest BCUT2D eigenvalue weighted by Crippen LogP contribution is 2.35. The van der Waals surface area contributed by atoms with Gasteiger partial charge < -0.3 is 14.5 Å². The lowest BCUT2D eigenvalue weighted by Crippen LogP contribution is -1.93. The molecule has 5 rings (SSSR count). The fourth-order valence-corrected chi connectivity index (χ4v) is 3.74. The Morgan fingerprint density at radius 1 is 0.568 bits per heavy atom. The van der Waals surface area contributed by atoms with Crippen LogP contribution < -0.4 is 9.47 Å². The Morgan fingerprint density at radius 3 is 1.62 bits per heavy atom. The first kappa shape index (κ1) is 22.7. The van der Waals surface area contributed by atoms with Gasteiger partial charge in [0.15, 0.2) is 0 Å². The number of nitrogens with one attached hydrogen (secondary N) is 1. The van der Waals surface area contributed by atoms with Gasteiger partial charge in [0.25, 0.3) is 0 Å². The third kappa shape index (κ3) is 4.63. The number of rotatable bonds is 5. The van der Waals surface area contributed by atoms with E-state index >= 15 is 0 Å². The zero-order valence-corrected chi connectivity index (χ0v) is 19.1. The van der Waals surface area contributed by atoms with E-state index in [4.69, 9.17) is 9.47 Å². The molecule has 0 saturated heterocycles. The fourth-order valence-electron chi connectivity index (χ4n) is 3.74. The van der Waals surface area contributed by atoms with Gasteiger partial charge in [-0.05, 0) is 60.7 Å². The van der Waals surface area contributed by atoms with E-state index in [-0.39, 0.29) is 22.3 Å². The largest absolute Gasteiger partial charge is 0.457 e. The molecule has 8 heteroatoms. The predicted octanol–water partition coefficient (Wildman–Crippen LogP) is 6.30. The number of hydrogen-bond donors (Lipinski definition) is 1. The maximum absolute atomic E-state index is 9.36. The van der Waals surface area contributed by atoms with Gasteiger partial charge in [0.05, 0.1) is 33.3 Å². The van der Waals surface area contributed by atoms with Crippen LogP contribution in [0.3, 0.4) is 0 Å². The Morgan fingerprint density at radius 2 is 1.11 bits per heavy atom. The van der Waals surface area contributed by atoms with Gasteiger partial charge in [-0.2, -0.15) is 21.0 Å². The summed E-state index contributed by atoms with van der Waals surface area (Å²) in [6, 6.07) is 30.0. The van der Waals surface area contributed by atoms with Crippen molar-refractivity contribution < 1.29 is 9.47 Å². The van der Waals surface area contributed by atoms with Gasteiger partial charge in [-0.3, -0.25) is 0 Å². The fraction of sp³-hybridized carbons (Fsp3) is 0. The summed E-state index contributed by atoms with van der Waals surface area (Å²) in [5.74, 6) is 2.12. The number of nitriles is 4. The molecular formula is C29H14N6O2. The minimum Gasteiger partial charge on any atom is -0.457 e. The van der Waals surface area contributed by atoms with Gasteiger partial charge in [0.1, 0.15) is 53.1 Å². The van der Waals surface area contributed by atoms with E-state index in [1.807, 2.05) is 48.5 Å². The van der Waals surface area contributed by atoms with E-state index in [0.717, 1.165) is 11.0 Å². The molecule has 0 atom stereocenters. The summed E-state index contributed by atoms with van der Waals surface area (Å²) in [5.41, 5.74) is 3.24. The molecule has 0 spiro atoms. The van der Waals surface area contributed by atoms with Crippen LogP contribution in [0.2, 0.25) is 0 Å². The molecule has 8 nitrogen and oxygen atoms in total. The molecule has 1 N–H and O–H groups in total. The highest BCUT2D eigenvalue weighted by atomic mass is 16.5. The monoisotopic (exact) mass is 478 g/mol. The standard InChI is InChI=1S/C29H14N6O2/c30-14-18-5-7-23(11-21(18)16-32)36-25-9-20(29-34-27-3-1-2-4-28(27)35-29)10-26(13-25)37-24-8-6-19(15-31)22(12-24)17-33/h1-13H,(H,34,35). The van der Waals surface area contributed by atoms with Crippen LogP contribution in [0.15, 0.2) is 78.9 Å². The molecule has 0 bridgehead atoms. The van der Waals surface area contributed by atoms with Crippen LogP contribution in [0.5, 0.6) is 23.0 Å². The maximum Gasteiger partial charge on any atom is 0.138 e. The van der Waals surface area contributed by atoms with Crippen molar-refractivity contribution in [3.63, 3.8) is 0 Å². The average Bonchev–Trinajstić information content (AvgIpc) is 3.37. The van der Waals surface area contributed by atoms with Crippen LogP contribution >= 0.6 is 0 Å². The molecule has 172 valence electrons. The molecule has 0 saturated carbocycles. The van der Waals surface area contributed by atoms with Crippen molar-refractivity contribution in [2.75, 3.05) is 0 Å². The molecule has 1 heterocycles. The van der Waals surface area contributed by atoms with Crippen molar-refractivity contribution in [1.29, 1.82) is 21.0 Å². The lowest BCUT2D eigenvalue weighted by Gasteiger charge is -2.12. The van der Waals surface area contributed by atoms with Crippen molar-refractivity contribution in [2.24, 2.45) is 0 Å². The van der Waals surface area contributed by atoms with Crippen molar-refractivity contribution >= 4 is 11.0 Å². The second-order valence-corrected chi connectivity index (χ2v) is 7.86. The number of nitrogens with zero attached hydrogens (tertiary/aromatic N) is 5. The molecule has 0 amide bonds. The first-order chi connectivity index (χ1) is 18.1. The second kappa shape index (κ2) is 9.65. The van der Waals surface area contributed by atoms with Crippen LogP contribution in [0.4, 0.5) is 0 Å². The SMILES string of the molecule is N#Cc1ccc(Oc2cc(Oc3ccc(C#N)c(C#N)c3)cc(-c3nc4ccccc4[nH]3)c2)cc1C#N. The number of fused-ring (bicyclic) bond motifs is 1. The summed E-state index contributed by atoms with van der Waals surface area (Å²) in [4.78, 5) is 7.93.